The molecule has 0 aromatic heterocycles. The van der Waals surface area contributed by atoms with Gasteiger partial charge in [-0.05, 0) is 59.4 Å². The maximum Gasteiger partial charge on any atom is 0.513 e. The molecule has 0 atom stereocenters. The number of unbranched alkanes of at least 4 members (excludes halogenated alkanes) is 4. The van der Waals surface area contributed by atoms with E-state index in [9.17, 15) is 9.59 Å². The molecule has 0 radical (unpaired) electrons. The molecule has 0 saturated carbocycles. The fraction of sp³-hybridized carbons (Fsp3) is 0.270. The highest BCUT2D eigenvalue weighted by molar-refractivity contribution is 5.68. The van der Waals surface area contributed by atoms with Crippen LogP contribution in [-0.4, -0.2) is 41.9 Å². The van der Waals surface area contributed by atoms with E-state index >= 15 is 0 Å². The van der Waals surface area contributed by atoms with Gasteiger partial charge < -0.3 is 29.2 Å². The maximum absolute atomic E-state index is 11.5. The molecule has 0 heterocycles. The average molecular weight is 631 g/mol. The second-order valence-corrected chi connectivity index (χ2v) is 9.88. The summed E-state index contributed by atoms with van der Waals surface area (Å²) < 4.78 is 20.3. The Kier molecular flexibility index (Phi) is 17.8. The Morgan fingerprint density at radius 2 is 0.783 bits per heavy atom. The van der Waals surface area contributed by atoms with Gasteiger partial charge in [0.25, 0.3) is 0 Å². The number of carboxylic acid groups (broad SMARTS) is 2. The zero-order valence-electron chi connectivity index (χ0n) is 26.3. The van der Waals surface area contributed by atoms with Crippen molar-refractivity contribution in [2.45, 2.75) is 52.4 Å². The van der Waals surface area contributed by atoms with Crippen molar-refractivity contribution < 1.29 is 43.5 Å². The van der Waals surface area contributed by atoms with Crippen LogP contribution in [0.1, 0.15) is 52.4 Å². The van der Waals surface area contributed by atoms with Crippen LogP contribution in [0.4, 0.5) is 14.4 Å². The molecule has 0 fully saturated rings. The predicted octanol–water partition coefficient (Wildman–Crippen LogP) is 10.3. The summed E-state index contributed by atoms with van der Waals surface area (Å²) in [5, 5.41) is 13.9. The molecule has 46 heavy (non-hydrogen) atoms. The topological polar surface area (TPSA) is 129 Å². The van der Waals surface area contributed by atoms with Crippen LogP contribution < -0.4 is 9.47 Å². The number of rotatable bonds is 12. The van der Waals surface area contributed by atoms with E-state index in [-0.39, 0.29) is 0 Å². The smallest absolute Gasteiger partial charge is 0.450 e. The quantitative estimate of drug-likeness (QED) is 0.0892. The summed E-state index contributed by atoms with van der Waals surface area (Å²) in [6, 6.07) is 34.9. The van der Waals surface area contributed by atoms with Crippen LogP contribution in [-0.2, 0) is 9.47 Å². The molecule has 2 N–H and O–H groups in total. The third-order valence-corrected chi connectivity index (χ3v) is 6.26. The molecule has 244 valence electrons. The molecule has 0 bridgehead atoms. The highest BCUT2D eigenvalue weighted by atomic mass is 16.7. The number of benzene rings is 4. The lowest BCUT2D eigenvalue weighted by Gasteiger charge is -2.06. The second-order valence-electron chi connectivity index (χ2n) is 9.88. The SMILES string of the molecule is CCCCCOC(=O)Oc1ccc(-c2ccccc2)cc1.CCCCCOC(=O)Oc1ccc(-c2ccccc2)cc1.O=C(O)O. The molecule has 0 unspecified atom stereocenters. The van der Waals surface area contributed by atoms with Crippen molar-refractivity contribution in [3.8, 4) is 33.8 Å². The fourth-order valence-electron chi connectivity index (χ4n) is 3.96. The minimum atomic E-state index is -1.83. The van der Waals surface area contributed by atoms with Gasteiger partial charge in [0, 0.05) is 0 Å². The van der Waals surface area contributed by atoms with Crippen molar-refractivity contribution in [1.82, 2.24) is 0 Å². The molecule has 0 spiro atoms. The van der Waals surface area contributed by atoms with Crippen LogP contribution in [0.25, 0.3) is 22.3 Å². The molecule has 0 aliphatic rings. The van der Waals surface area contributed by atoms with Gasteiger partial charge in [-0.2, -0.15) is 0 Å². The maximum atomic E-state index is 11.5. The fourth-order valence-corrected chi connectivity index (χ4v) is 3.96. The van der Waals surface area contributed by atoms with Crippen LogP contribution in [0.2, 0.25) is 0 Å². The lowest BCUT2D eigenvalue weighted by Crippen LogP contribution is -2.11. The highest BCUT2D eigenvalue weighted by Gasteiger charge is 2.07. The van der Waals surface area contributed by atoms with Crippen molar-refractivity contribution in [2.75, 3.05) is 13.2 Å². The minimum absolute atomic E-state index is 0.411. The van der Waals surface area contributed by atoms with Gasteiger partial charge >= 0.3 is 18.5 Å². The molecule has 0 aliphatic carbocycles. The predicted molar refractivity (Wildman–Crippen MR) is 177 cm³/mol. The molecule has 0 aliphatic heterocycles. The molecule has 4 aromatic carbocycles. The number of carbonyl (C=O) groups excluding carboxylic acids is 2. The number of ether oxygens (including phenoxy) is 4. The lowest BCUT2D eigenvalue weighted by molar-refractivity contribution is 0.0964. The summed E-state index contributed by atoms with van der Waals surface area (Å²) in [6.45, 7) is 5.03. The molecule has 9 heteroatoms. The average Bonchev–Trinajstić information content (AvgIpc) is 3.07. The second kappa shape index (κ2) is 22.2. The van der Waals surface area contributed by atoms with Crippen LogP contribution in [0, 0.1) is 0 Å². The standard InChI is InChI=1S/2C18H20O3.CH2O3/c2*1-2-3-7-14-20-18(19)21-17-12-10-16(11-13-17)15-8-5-4-6-9-15;2-1(3)4/h2*4-6,8-13H,2-3,7,14H2,1H3;(H2,2,3,4). The third-order valence-electron chi connectivity index (χ3n) is 6.26. The first-order valence-electron chi connectivity index (χ1n) is 15.2. The van der Waals surface area contributed by atoms with Gasteiger partial charge in [0.2, 0.25) is 0 Å². The molecule has 0 saturated heterocycles. The number of hydrogen-bond donors (Lipinski definition) is 2. The van der Waals surface area contributed by atoms with Gasteiger partial charge in [0.1, 0.15) is 11.5 Å². The van der Waals surface area contributed by atoms with E-state index in [0.29, 0.717) is 24.7 Å². The van der Waals surface area contributed by atoms with E-state index in [1.165, 1.54) is 0 Å². The Morgan fingerprint density at radius 1 is 0.478 bits per heavy atom. The van der Waals surface area contributed by atoms with Gasteiger partial charge in [-0.25, -0.2) is 14.4 Å². The van der Waals surface area contributed by atoms with E-state index in [1.807, 2.05) is 84.9 Å². The summed E-state index contributed by atoms with van der Waals surface area (Å²) in [6.07, 6.45) is 2.94. The first-order valence-corrected chi connectivity index (χ1v) is 15.2. The van der Waals surface area contributed by atoms with Crippen molar-refractivity contribution in [1.29, 1.82) is 0 Å². The highest BCUT2D eigenvalue weighted by Crippen LogP contribution is 2.23. The van der Waals surface area contributed by atoms with Crippen molar-refractivity contribution in [3.63, 3.8) is 0 Å². The van der Waals surface area contributed by atoms with E-state index in [2.05, 4.69) is 13.8 Å². The van der Waals surface area contributed by atoms with E-state index in [1.54, 1.807) is 24.3 Å². The summed E-state index contributed by atoms with van der Waals surface area (Å²) >= 11 is 0. The molecule has 0 amide bonds. The van der Waals surface area contributed by atoms with Crippen molar-refractivity contribution in [3.05, 3.63) is 109 Å². The van der Waals surface area contributed by atoms with Gasteiger partial charge in [-0.3, -0.25) is 0 Å². The third kappa shape index (κ3) is 16.0. The monoisotopic (exact) mass is 630 g/mol. The summed E-state index contributed by atoms with van der Waals surface area (Å²) in [5.74, 6) is 0.991. The Hall–Kier alpha value is -5.31. The van der Waals surface area contributed by atoms with Gasteiger partial charge in [-0.1, -0.05) is 124 Å². The van der Waals surface area contributed by atoms with Gasteiger partial charge in [0.15, 0.2) is 0 Å². The van der Waals surface area contributed by atoms with Crippen molar-refractivity contribution in [2.24, 2.45) is 0 Å². The minimum Gasteiger partial charge on any atom is -0.450 e. The zero-order chi connectivity index (χ0) is 33.4. The van der Waals surface area contributed by atoms with Crippen LogP contribution >= 0.6 is 0 Å². The van der Waals surface area contributed by atoms with Gasteiger partial charge in [0.05, 0.1) is 13.2 Å². The molecule has 4 aromatic rings. The molecular formula is C37H42O9. The summed E-state index contributed by atoms with van der Waals surface area (Å²) in [5.41, 5.74) is 4.43. The molecule has 4 rings (SSSR count). The largest absolute Gasteiger partial charge is 0.513 e. The van der Waals surface area contributed by atoms with Crippen molar-refractivity contribution >= 4 is 18.5 Å². The van der Waals surface area contributed by atoms with Gasteiger partial charge in [-0.15, -0.1) is 0 Å². The van der Waals surface area contributed by atoms with Crippen LogP contribution in [0.3, 0.4) is 0 Å². The van der Waals surface area contributed by atoms with Crippen LogP contribution in [0.5, 0.6) is 11.5 Å². The van der Waals surface area contributed by atoms with E-state index in [0.717, 1.165) is 60.8 Å². The number of carbonyl (C=O) groups is 3. The normalized spacial score (nSPS) is 9.78. The van der Waals surface area contributed by atoms with E-state index < -0.39 is 18.5 Å². The zero-order valence-corrected chi connectivity index (χ0v) is 26.3. The number of hydrogen-bond acceptors (Lipinski definition) is 7. The summed E-state index contributed by atoms with van der Waals surface area (Å²) in [7, 11) is 0. The Bertz CT molecular complexity index is 1300. The lowest BCUT2D eigenvalue weighted by atomic mass is 10.1. The molecular weight excluding hydrogens is 588 g/mol. The molecule has 9 nitrogen and oxygen atoms in total. The van der Waals surface area contributed by atoms with Crippen LogP contribution in [0.15, 0.2) is 109 Å². The first-order chi connectivity index (χ1) is 22.3. The Morgan fingerprint density at radius 3 is 1.09 bits per heavy atom. The van der Waals surface area contributed by atoms with E-state index in [4.69, 9.17) is 34.0 Å². The Balaban J connectivity index is 0.000000287. The first kappa shape index (κ1) is 36.9. The summed E-state index contributed by atoms with van der Waals surface area (Å²) in [4.78, 5) is 31.5. The Labute approximate surface area is 270 Å².